The first kappa shape index (κ1) is 18.7. The van der Waals surface area contributed by atoms with Gasteiger partial charge in [-0.25, -0.2) is 13.4 Å². The van der Waals surface area contributed by atoms with Crippen LogP contribution in [0.15, 0.2) is 53.7 Å². The summed E-state index contributed by atoms with van der Waals surface area (Å²) >= 11 is 0. The Balaban J connectivity index is 1.73. The fraction of sp³-hybridized carbons (Fsp3) is 0.176. The summed E-state index contributed by atoms with van der Waals surface area (Å²) in [7, 11) is -1.29. The van der Waals surface area contributed by atoms with Crippen molar-refractivity contribution in [3.8, 4) is 11.5 Å². The summed E-state index contributed by atoms with van der Waals surface area (Å²) in [5.41, 5.74) is 3.70. The van der Waals surface area contributed by atoms with Crippen LogP contribution in [0.25, 0.3) is 11.0 Å². The van der Waals surface area contributed by atoms with E-state index in [0.29, 0.717) is 5.75 Å². The Kier molecular flexibility index (Phi) is 5.28. The van der Waals surface area contributed by atoms with Crippen LogP contribution >= 0.6 is 0 Å². The van der Waals surface area contributed by atoms with Crippen molar-refractivity contribution in [3.63, 3.8) is 0 Å². The van der Waals surface area contributed by atoms with Crippen LogP contribution in [-0.4, -0.2) is 38.1 Å². The van der Waals surface area contributed by atoms with E-state index < -0.39 is 15.9 Å². The number of nitrogens with zero attached hydrogens (tertiary/aromatic N) is 2. The summed E-state index contributed by atoms with van der Waals surface area (Å²) < 4.78 is 36.8. The van der Waals surface area contributed by atoms with Gasteiger partial charge in [-0.05, 0) is 24.3 Å². The van der Waals surface area contributed by atoms with Crippen molar-refractivity contribution < 1.29 is 22.7 Å². The third-order valence-corrected chi connectivity index (χ3v) is 5.10. The molecule has 2 N–H and O–H groups in total. The highest BCUT2D eigenvalue weighted by molar-refractivity contribution is 7.89. The van der Waals surface area contributed by atoms with Crippen molar-refractivity contribution >= 4 is 27.0 Å². The molecule has 0 saturated heterocycles. The van der Waals surface area contributed by atoms with E-state index in [4.69, 9.17) is 9.47 Å². The molecule has 10 heteroatoms. The number of carbonyl (C=O) groups excluding carboxylic acids is 1. The molecule has 0 bridgehead atoms. The summed E-state index contributed by atoms with van der Waals surface area (Å²) in [6.45, 7) is -0.0989. The molecule has 0 radical (unpaired) electrons. The number of hydrogen-bond donors (Lipinski definition) is 2. The molecule has 3 aromatic rings. The average Bonchev–Trinajstić information content (AvgIpc) is 3.09. The van der Waals surface area contributed by atoms with Crippen LogP contribution in [0.2, 0.25) is 0 Å². The first-order valence-corrected chi connectivity index (χ1v) is 9.35. The van der Waals surface area contributed by atoms with E-state index in [2.05, 4.69) is 15.2 Å². The molecule has 3 rings (SSSR count). The number of ether oxygens (including phenoxy) is 2. The Morgan fingerprint density at radius 1 is 1.15 bits per heavy atom. The molecule has 0 saturated carbocycles. The minimum atomic E-state index is -4.06. The quantitative estimate of drug-likeness (QED) is 0.584. The molecule has 142 valence electrons. The van der Waals surface area contributed by atoms with Gasteiger partial charge in [0, 0.05) is 6.07 Å². The van der Waals surface area contributed by atoms with Gasteiger partial charge in [0.2, 0.25) is 0 Å². The third kappa shape index (κ3) is 4.01. The molecular formula is C17H18N4O5S. The van der Waals surface area contributed by atoms with Crippen LogP contribution in [0.1, 0.15) is 0 Å². The van der Waals surface area contributed by atoms with E-state index in [-0.39, 0.29) is 17.2 Å². The second-order valence-electron chi connectivity index (χ2n) is 5.53. The minimum absolute atomic E-state index is 0.0989. The Bertz CT molecular complexity index is 1080. The van der Waals surface area contributed by atoms with Crippen LogP contribution in [-0.2, 0) is 21.4 Å². The Morgan fingerprint density at radius 3 is 2.67 bits per heavy atom. The Hall–Kier alpha value is -3.11. The molecule has 1 amide bonds. The van der Waals surface area contributed by atoms with Crippen molar-refractivity contribution in [1.82, 2.24) is 19.8 Å². The first-order valence-electron chi connectivity index (χ1n) is 7.87. The number of hydrazine groups is 1. The number of imidazole rings is 1. The lowest BCUT2D eigenvalue weighted by atomic mass is 10.3. The zero-order valence-electron chi connectivity index (χ0n) is 14.7. The Labute approximate surface area is 155 Å². The first-order chi connectivity index (χ1) is 12.9. The van der Waals surface area contributed by atoms with Crippen molar-refractivity contribution in [2.24, 2.45) is 0 Å². The van der Waals surface area contributed by atoms with E-state index in [9.17, 15) is 13.2 Å². The number of carbonyl (C=O) groups is 1. The van der Waals surface area contributed by atoms with Crippen LogP contribution in [0.5, 0.6) is 11.5 Å². The van der Waals surface area contributed by atoms with Crippen molar-refractivity contribution in [2.75, 3.05) is 14.2 Å². The van der Waals surface area contributed by atoms with Crippen LogP contribution < -0.4 is 19.7 Å². The second kappa shape index (κ2) is 7.64. The smallest absolute Gasteiger partial charge is 0.261 e. The van der Waals surface area contributed by atoms with Gasteiger partial charge in [-0.2, -0.15) is 0 Å². The highest BCUT2D eigenvalue weighted by Gasteiger charge is 2.21. The predicted octanol–water partition coefficient (Wildman–Crippen LogP) is 1.06. The van der Waals surface area contributed by atoms with Gasteiger partial charge >= 0.3 is 0 Å². The summed E-state index contributed by atoms with van der Waals surface area (Å²) in [6.07, 6.45) is 1.52. The summed E-state index contributed by atoms with van der Waals surface area (Å²) in [4.78, 5) is 18.3. The van der Waals surface area contributed by atoms with E-state index in [1.807, 2.05) is 24.3 Å². The number of sulfonamides is 1. The fourth-order valence-electron chi connectivity index (χ4n) is 2.50. The number of para-hydroxylation sites is 2. The standard InChI is InChI=1S/C17H18N4O5S/c1-25-12-7-8-15(26-2)16(9-12)27(23,24)20-19-17(22)10-21-11-18-13-5-3-4-6-14(13)21/h3-9,11,20H,10H2,1-2H3,(H,19,22). The zero-order chi connectivity index (χ0) is 19.4. The van der Waals surface area contributed by atoms with Gasteiger partial charge in [0.25, 0.3) is 15.9 Å². The van der Waals surface area contributed by atoms with Gasteiger partial charge in [-0.1, -0.05) is 12.1 Å². The van der Waals surface area contributed by atoms with Crippen LogP contribution in [0.4, 0.5) is 0 Å². The summed E-state index contributed by atoms with van der Waals surface area (Å²) in [5.74, 6) is -0.0888. The van der Waals surface area contributed by atoms with Gasteiger partial charge < -0.3 is 14.0 Å². The maximum absolute atomic E-state index is 12.5. The monoisotopic (exact) mass is 390 g/mol. The highest BCUT2D eigenvalue weighted by atomic mass is 32.2. The summed E-state index contributed by atoms with van der Waals surface area (Å²) in [6, 6.07) is 11.7. The molecule has 27 heavy (non-hydrogen) atoms. The molecule has 1 aromatic heterocycles. The molecule has 0 unspecified atom stereocenters. The van der Waals surface area contributed by atoms with Crippen molar-refractivity contribution in [1.29, 1.82) is 0 Å². The van der Waals surface area contributed by atoms with Gasteiger partial charge in [0.05, 0.1) is 31.6 Å². The lowest BCUT2D eigenvalue weighted by Crippen LogP contribution is -2.43. The summed E-state index contributed by atoms with van der Waals surface area (Å²) in [5, 5.41) is 0. The maximum Gasteiger partial charge on any atom is 0.261 e. The molecule has 0 aliphatic heterocycles. The van der Waals surface area contributed by atoms with E-state index in [1.165, 1.54) is 32.7 Å². The minimum Gasteiger partial charge on any atom is -0.497 e. The van der Waals surface area contributed by atoms with Gasteiger partial charge in [0.1, 0.15) is 22.9 Å². The molecule has 0 atom stereocenters. The number of benzene rings is 2. The largest absolute Gasteiger partial charge is 0.497 e. The van der Waals surface area contributed by atoms with Gasteiger partial charge in [-0.15, -0.1) is 4.83 Å². The normalized spacial score (nSPS) is 11.3. The number of amides is 1. The SMILES string of the molecule is COc1ccc(OC)c(S(=O)(=O)NNC(=O)Cn2cnc3ccccc32)c1. The van der Waals surface area contributed by atoms with Crippen molar-refractivity contribution in [3.05, 3.63) is 48.8 Å². The number of aromatic nitrogens is 2. The van der Waals surface area contributed by atoms with Crippen molar-refractivity contribution in [2.45, 2.75) is 11.4 Å². The molecule has 9 nitrogen and oxygen atoms in total. The zero-order valence-corrected chi connectivity index (χ0v) is 15.5. The maximum atomic E-state index is 12.5. The average molecular weight is 390 g/mol. The second-order valence-corrected chi connectivity index (χ2v) is 7.18. The predicted molar refractivity (Wildman–Crippen MR) is 97.7 cm³/mol. The number of methoxy groups -OCH3 is 2. The molecule has 0 aliphatic carbocycles. The molecular weight excluding hydrogens is 372 g/mol. The molecule has 2 aromatic carbocycles. The third-order valence-electron chi connectivity index (χ3n) is 3.83. The number of fused-ring (bicyclic) bond motifs is 1. The highest BCUT2D eigenvalue weighted by Crippen LogP contribution is 2.27. The number of rotatable bonds is 7. The number of hydrogen-bond acceptors (Lipinski definition) is 6. The van der Waals surface area contributed by atoms with Crippen LogP contribution in [0, 0.1) is 0 Å². The van der Waals surface area contributed by atoms with E-state index >= 15 is 0 Å². The van der Waals surface area contributed by atoms with E-state index in [0.717, 1.165) is 11.0 Å². The van der Waals surface area contributed by atoms with Gasteiger partial charge in [-0.3, -0.25) is 10.2 Å². The lowest BCUT2D eigenvalue weighted by molar-refractivity contribution is -0.122. The van der Waals surface area contributed by atoms with Crippen LogP contribution in [0.3, 0.4) is 0 Å². The molecule has 0 spiro atoms. The van der Waals surface area contributed by atoms with Gasteiger partial charge in [0.15, 0.2) is 0 Å². The fourth-order valence-corrected chi connectivity index (χ4v) is 3.55. The number of nitrogens with one attached hydrogen (secondary N) is 2. The molecule has 1 heterocycles. The molecule has 0 fully saturated rings. The molecule has 0 aliphatic rings. The Morgan fingerprint density at radius 2 is 1.93 bits per heavy atom. The van der Waals surface area contributed by atoms with E-state index in [1.54, 1.807) is 10.6 Å². The lowest BCUT2D eigenvalue weighted by Gasteiger charge is -2.13. The topological polar surface area (TPSA) is 112 Å².